The predicted molar refractivity (Wildman–Crippen MR) is 77.0 cm³/mol. The van der Waals surface area contributed by atoms with Gasteiger partial charge in [0, 0.05) is 7.05 Å². The summed E-state index contributed by atoms with van der Waals surface area (Å²) in [6.07, 6.45) is -2.13. The van der Waals surface area contributed by atoms with Crippen LogP contribution in [0.1, 0.15) is 6.42 Å². The van der Waals surface area contributed by atoms with Crippen LogP contribution in [0, 0.1) is 0 Å². The van der Waals surface area contributed by atoms with E-state index in [9.17, 15) is 14.3 Å². The molecule has 1 N–H and O–H groups in total. The van der Waals surface area contributed by atoms with Crippen molar-refractivity contribution in [3.05, 3.63) is 17.3 Å². The molecule has 0 saturated carbocycles. The number of piperidine rings is 1. The molecule has 1 aromatic rings. The summed E-state index contributed by atoms with van der Waals surface area (Å²) in [6.45, 7) is 0.354. The van der Waals surface area contributed by atoms with Gasteiger partial charge in [0.1, 0.15) is 6.17 Å². The van der Waals surface area contributed by atoms with E-state index in [2.05, 4.69) is 10.2 Å². The van der Waals surface area contributed by atoms with Crippen molar-refractivity contribution < 1.29 is 19.0 Å². The van der Waals surface area contributed by atoms with E-state index in [0.29, 0.717) is 12.2 Å². The molecular formula is C13H16ClFN4O3. The highest BCUT2D eigenvalue weighted by Gasteiger charge is 2.49. The van der Waals surface area contributed by atoms with Gasteiger partial charge in [-0.2, -0.15) is 0 Å². The highest BCUT2D eigenvalue weighted by molar-refractivity contribution is 6.29. The zero-order valence-electron chi connectivity index (χ0n) is 11.9. The molecule has 4 atom stereocenters. The fourth-order valence-corrected chi connectivity index (χ4v) is 3.29. The van der Waals surface area contributed by atoms with Gasteiger partial charge in [0.05, 0.1) is 31.3 Å². The number of hydrogen-bond acceptors (Lipinski definition) is 5. The van der Waals surface area contributed by atoms with E-state index < -0.39 is 24.3 Å². The normalized spacial score (nSPS) is 31.0. The number of hydrogen-bond donors (Lipinski definition) is 1. The Bertz CT molecular complexity index is 561. The lowest BCUT2D eigenvalue weighted by molar-refractivity contribution is -0.0940. The highest BCUT2D eigenvalue weighted by atomic mass is 35.5. The molecule has 2 aliphatic heterocycles. The van der Waals surface area contributed by atoms with Gasteiger partial charge in [-0.15, -0.1) is 10.2 Å². The maximum Gasteiger partial charge on any atom is 0.408 e. The molecule has 22 heavy (non-hydrogen) atoms. The van der Waals surface area contributed by atoms with Gasteiger partial charge >= 0.3 is 6.09 Å². The SMILES string of the molecule is CN(c1ccc(Cl)nn1)C1CC2COCC(C1F)N2C(=O)O. The van der Waals surface area contributed by atoms with Crippen LogP contribution in [0.4, 0.5) is 15.0 Å². The number of halogens is 2. The molecule has 1 amide bonds. The standard InChI is InChI=1S/C13H16ClFN4O3/c1-18(11-3-2-10(14)16-17-11)8-4-7-5-22-6-9(12(8)15)19(7)13(20)21/h2-3,7-9,12H,4-6H2,1H3,(H,20,21). The number of anilines is 1. The van der Waals surface area contributed by atoms with Gasteiger partial charge in [-0.1, -0.05) is 11.6 Å². The van der Waals surface area contributed by atoms with Crippen molar-refractivity contribution in [1.29, 1.82) is 0 Å². The lowest BCUT2D eigenvalue weighted by Crippen LogP contribution is -2.67. The van der Waals surface area contributed by atoms with Crippen molar-refractivity contribution >= 4 is 23.5 Å². The molecule has 1 aromatic heterocycles. The zero-order chi connectivity index (χ0) is 15.9. The Kier molecular flexibility index (Phi) is 4.05. The maximum atomic E-state index is 14.8. The number of fused-ring (bicyclic) bond motifs is 2. The first kappa shape index (κ1) is 15.2. The number of carboxylic acid groups (broad SMARTS) is 1. The van der Waals surface area contributed by atoms with Gasteiger partial charge in [0.25, 0.3) is 0 Å². The third-order valence-electron chi connectivity index (χ3n) is 4.30. The van der Waals surface area contributed by atoms with Crippen LogP contribution in [0.3, 0.4) is 0 Å². The number of nitrogens with zero attached hydrogens (tertiary/aromatic N) is 4. The summed E-state index contributed by atoms with van der Waals surface area (Å²) >= 11 is 5.71. The minimum atomic E-state index is -1.37. The third kappa shape index (κ3) is 2.56. The molecule has 3 heterocycles. The van der Waals surface area contributed by atoms with Gasteiger partial charge in [0.15, 0.2) is 11.0 Å². The number of morpholine rings is 1. The summed E-state index contributed by atoms with van der Waals surface area (Å²) in [5, 5.41) is 17.3. The molecule has 120 valence electrons. The summed E-state index contributed by atoms with van der Waals surface area (Å²) in [6, 6.07) is 1.63. The van der Waals surface area contributed by atoms with Crippen molar-refractivity contribution in [3.8, 4) is 0 Å². The van der Waals surface area contributed by atoms with Crippen molar-refractivity contribution in [2.24, 2.45) is 0 Å². The number of amides is 1. The summed E-state index contributed by atoms with van der Waals surface area (Å²) in [5.74, 6) is 0.500. The Labute approximate surface area is 131 Å². The average molecular weight is 331 g/mol. The molecule has 0 radical (unpaired) electrons. The largest absolute Gasteiger partial charge is 0.465 e. The van der Waals surface area contributed by atoms with E-state index in [0.717, 1.165) is 0 Å². The molecule has 3 rings (SSSR count). The molecule has 0 aliphatic carbocycles. The molecule has 2 fully saturated rings. The number of carbonyl (C=O) groups is 1. The van der Waals surface area contributed by atoms with Crippen molar-refractivity contribution in [2.45, 2.75) is 30.7 Å². The van der Waals surface area contributed by atoms with Crippen molar-refractivity contribution in [2.75, 3.05) is 25.2 Å². The molecule has 2 saturated heterocycles. The van der Waals surface area contributed by atoms with E-state index >= 15 is 0 Å². The van der Waals surface area contributed by atoms with Crippen LogP contribution in [0.15, 0.2) is 12.1 Å². The molecule has 0 aromatic carbocycles. The van der Waals surface area contributed by atoms with Crippen molar-refractivity contribution in [1.82, 2.24) is 15.1 Å². The summed E-state index contributed by atoms with van der Waals surface area (Å²) < 4.78 is 20.2. The Morgan fingerprint density at radius 1 is 1.50 bits per heavy atom. The number of alkyl halides is 1. The number of ether oxygens (including phenoxy) is 1. The summed E-state index contributed by atoms with van der Waals surface area (Å²) in [4.78, 5) is 14.2. The van der Waals surface area contributed by atoms with Gasteiger partial charge in [-0.3, -0.25) is 4.90 Å². The van der Waals surface area contributed by atoms with Crippen LogP contribution in [0.5, 0.6) is 0 Å². The Morgan fingerprint density at radius 2 is 2.27 bits per heavy atom. The van der Waals surface area contributed by atoms with Crippen LogP contribution in [-0.4, -0.2) is 70.9 Å². The van der Waals surface area contributed by atoms with E-state index in [1.807, 2.05) is 0 Å². The van der Waals surface area contributed by atoms with Gasteiger partial charge < -0.3 is 14.7 Å². The van der Waals surface area contributed by atoms with Gasteiger partial charge in [-0.25, -0.2) is 9.18 Å². The highest BCUT2D eigenvalue weighted by Crippen LogP contribution is 2.33. The molecule has 4 unspecified atom stereocenters. The van der Waals surface area contributed by atoms with E-state index in [1.165, 1.54) is 4.90 Å². The number of rotatable bonds is 2. The summed E-state index contributed by atoms with van der Waals surface area (Å²) in [7, 11) is 1.72. The molecule has 0 spiro atoms. The molecule has 2 bridgehead atoms. The van der Waals surface area contributed by atoms with Crippen LogP contribution >= 0.6 is 11.6 Å². The first-order valence-electron chi connectivity index (χ1n) is 6.94. The number of aromatic nitrogens is 2. The second kappa shape index (κ2) is 5.85. The topological polar surface area (TPSA) is 78.8 Å². The van der Waals surface area contributed by atoms with Crippen molar-refractivity contribution in [3.63, 3.8) is 0 Å². The minimum Gasteiger partial charge on any atom is -0.465 e. The van der Waals surface area contributed by atoms with Crippen LogP contribution in [0.2, 0.25) is 5.15 Å². The smallest absolute Gasteiger partial charge is 0.408 e. The molecular weight excluding hydrogens is 315 g/mol. The van der Waals surface area contributed by atoms with Gasteiger partial charge in [-0.05, 0) is 18.6 Å². The maximum absolute atomic E-state index is 14.8. The third-order valence-corrected chi connectivity index (χ3v) is 4.50. The van der Waals surface area contributed by atoms with Crippen LogP contribution in [-0.2, 0) is 4.74 Å². The lowest BCUT2D eigenvalue weighted by Gasteiger charge is -2.50. The predicted octanol–water partition coefficient (Wildman–Crippen LogP) is 1.42. The Morgan fingerprint density at radius 3 is 2.91 bits per heavy atom. The Hall–Kier alpha value is -1.67. The fraction of sp³-hybridized carbons (Fsp3) is 0.615. The quantitative estimate of drug-likeness (QED) is 0.883. The summed E-state index contributed by atoms with van der Waals surface area (Å²) in [5.41, 5.74) is 0. The lowest BCUT2D eigenvalue weighted by atomic mass is 9.88. The molecule has 7 nitrogen and oxygen atoms in total. The average Bonchev–Trinajstić information content (AvgIpc) is 2.50. The second-order valence-electron chi connectivity index (χ2n) is 5.52. The molecule has 2 aliphatic rings. The van der Waals surface area contributed by atoms with Gasteiger partial charge in [0.2, 0.25) is 0 Å². The Balaban J connectivity index is 1.83. The molecule has 9 heteroatoms. The zero-order valence-corrected chi connectivity index (χ0v) is 12.6. The van der Waals surface area contributed by atoms with Crippen LogP contribution < -0.4 is 4.90 Å². The van der Waals surface area contributed by atoms with Crippen LogP contribution in [0.25, 0.3) is 0 Å². The minimum absolute atomic E-state index is 0.0700. The first-order valence-corrected chi connectivity index (χ1v) is 7.32. The monoisotopic (exact) mass is 330 g/mol. The van der Waals surface area contributed by atoms with E-state index in [-0.39, 0.29) is 24.4 Å². The fourth-order valence-electron chi connectivity index (χ4n) is 3.19. The van der Waals surface area contributed by atoms with E-state index in [1.54, 1.807) is 24.1 Å². The van der Waals surface area contributed by atoms with E-state index in [4.69, 9.17) is 16.3 Å². The second-order valence-corrected chi connectivity index (χ2v) is 5.91. The first-order chi connectivity index (χ1) is 10.5.